The fourth-order valence-corrected chi connectivity index (χ4v) is 2.16. The van der Waals surface area contributed by atoms with Crippen LogP contribution in [0.2, 0.25) is 5.02 Å². The first-order chi connectivity index (χ1) is 9.63. The molecule has 1 aromatic rings. The SMILES string of the molecule is O=C(O)C(OCCO)c1cc(Cl)c2c(c1)OCCCO2. The van der Waals surface area contributed by atoms with E-state index in [9.17, 15) is 9.90 Å². The molecule has 1 unspecified atom stereocenters. The van der Waals surface area contributed by atoms with E-state index in [-0.39, 0.29) is 18.2 Å². The van der Waals surface area contributed by atoms with Gasteiger partial charge in [-0.2, -0.15) is 0 Å². The maximum Gasteiger partial charge on any atom is 0.337 e. The number of hydrogen-bond acceptors (Lipinski definition) is 5. The molecule has 0 fully saturated rings. The van der Waals surface area contributed by atoms with E-state index in [2.05, 4.69) is 0 Å². The van der Waals surface area contributed by atoms with Crippen molar-refractivity contribution in [1.29, 1.82) is 0 Å². The van der Waals surface area contributed by atoms with Gasteiger partial charge >= 0.3 is 5.97 Å². The highest BCUT2D eigenvalue weighted by atomic mass is 35.5. The highest BCUT2D eigenvalue weighted by Crippen LogP contribution is 2.39. The maximum atomic E-state index is 11.2. The Balaban J connectivity index is 2.33. The van der Waals surface area contributed by atoms with E-state index >= 15 is 0 Å². The Kier molecular flexibility index (Phi) is 5.05. The van der Waals surface area contributed by atoms with Crippen LogP contribution in [0, 0.1) is 0 Å². The number of halogens is 1. The molecule has 1 aliphatic rings. The summed E-state index contributed by atoms with van der Waals surface area (Å²) in [7, 11) is 0. The Morgan fingerprint density at radius 3 is 2.85 bits per heavy atom. The lowest BCUT2D eigenvalue weighted by molar-refractivity contribution is -0.151. The van der Waals surface area contributed by atoms with E-state index in [1.807, 2.05) is 0 Å². The summed E-state index contributed by atoms with van der Waals surface area (Å²) < 4.78 is 16.1. The summed E-state index contributed by atoms with van der Waals surface area (Å²) in [5.74, 6) is -0.341. The van der Waals surface area contributed by atoms with Crippen molar-refractivity contribution in [2.75, 3.05) is 26.4 Å². The second-order valence-electron chi connectivity index (χ2n) is 4.19. The van der Waals surface area contributed by atoms with Crippen molar-refractivity contribution in [2.24, 2.45) is 0 Å². The molecule has 1 aromatic carbocycles. The lowest BCUT2D eigenvalue weighted by Gasteiger charge is -2.16. The zero-order chi connectivity index (χ0) is 14.5. The number of carbonyl (C=O) groups is 1. The summed E-state index contributed by atoms with van der Waals surface area (Å²) in [6.07, 6.45) is -0.485. The third-order valence-electron chi connectivity index (χ3n) is 2.73. The van der Waals surface area contributed by atoms with Gasteiger partial charge in [0.1, 0.15) is 0 Å². The Hall–Kier alpha value is -1.50. The summed E-state index contributed by atoms with van der Waals surface area (Å²) in [6, 6.07) is 3.02. The molecule has 0 radical (unpaired) electrons. The summed E-state index contributed by atoms with van der Waals surface area (Å²) in [5, 5.41) is 18.2. The predicted octanol–water partition coefficient (Wildman–Crippen LogP) is 1.64. The van der Waals surface area contributed by atoms with Crippen LogP contribution in [0.4, 0.5) is 0 Å². The van der Waals surface area contributed by atoms with Crippen LogP contribution in [-0.2, 0) is 9.53 Å². The molecule has 2 N–H and O–H groups in total. The molecule has 7 heteroatoms. The lowest BCUT2D eigenvalue weighted by atomic mass is 10.1. The summed E-state index contributed by atoms with van der Waals surface area (Å²) in [5.41, 5.74) is 0.347. The predicted molar refractivity (Wildman–Crippen MR) is 70.5 cm³/mol. The Bertz CT molecular complexity index is 490. The quantitative estimate of drug-likeness (QED) is 0.860. The average Bonchev–Trinajstić information content (AvgIpc) is 2.64. The van der Waals surface area contributed by atoms with Crippen molar-refractivity contribution < 1.29 is 29.2 Å². The summed E-state index contributed by atoms with van der Waals surface area (Å²) >= 11 is 6.10. The van der Waals surface area contributed by atoms with Crippen molar-refractivity contribution in [3.05, 3.63) is 22.7 Å². The second-order valence-corrected chi connectivity index (χ2v) is 4.60. The first-order valence-electron chi connectivity index (χ1n) is 6.17. The normalized spacial score (nSPS) is 15.5. The molecule has 1 aliphatic heterocycles. The van der Waals surface area contributed by atoms with Gasteiger partial charge in [0, 0.05) is 6.42 Å². The number of fused-ring (bicyclic) bond motifs is 1. The number of aliphatic carboxylic acids is 1. The van der Waals surface area contributed by atoms with E-state index in [0.717, 1.165) is 6.42 Å². The molecule has 0 bridgehead atoms. The molecule has 1 heterocycles. The van der Waals surface area contributed by atoms with Gasteiger partial charge in [-0.3, -0.25) is 0 Å². The number of carboxylic acid groups (broad SMARTS) is 1. The first kappa shape index (κ1) is 14.9. The van der Waals surface area contributed by atoms with Crippen LogP contribution in [0.15, 0.2) is 12.1 Å². The van der Waals surface area contributed by atoms with Gasteiger partial charge in [0.15, 0.2) is 17.6 Å². The van der Waals surface area contributed by atoms with Crippen molar-refractivity contribution in [1.82, 2.24) is 0 Å². The molecule has 6 nitrogen and oxygen atoms in total. The molecule has 110 valence electrons. The van der Waals surface area contributed by atoms with Crippen LogP contribution < -0.4 is 9.47 Å². The fraction of sp³-hybridized carbons (Fsp3) is 0.462. The lowest BCUT2D eigenvalue weighted by Crippen LogP contribution is -2.17. The standard InChI is InChI=1S/C13H15ClO6/c14-9-6-8(11(13(16)17)20-5-2-15)7-10-12(9)19-4-1-3-18-10/h6-7,11,15H,1-5H2,(H,16,17). The molecule has 0 aromatic heterocycles. The third-order valence-corrected chi connectivity index (χ3v) is 3.01. The number of hydrogen-bond donors (Lipinski definition) is 2. The van der Waals surface area contributed by atoms with Crippen LogP contribution in [-0.4, -0.2) is 42.6 Å². The minimum Gasteiger partial charge on any atom is -0.489 e. The molecule has 0 aliphatic carbocycles. The maximum absolute atomic E-state index is 11.2. The number of rotatable bonds is 5. The van der Waals surface area contributed by atoms with E-state index in [1.165, 1.54) is 6.07 Å². The monoisotopic (exact) mass is 302 g/mol. The van der Waals surface area contributed by atoms with Crippen LogP contribution in [0.25, 0.3) is 0 Å². The number of aliphatic hydroxyl groups excluding tert-OH is 1. The van der Waals surface area contributed by atoms with Gasteiger partial charge in [-0.1, -0.05) is 11.6 Å². The molecular formula is C13H15ClO6. The van der Waals surface area contributed by atoms with E-state index in [1.54, 1.807) is 6.07 Å². The zero-order valence-electron chi connectivity index (χ0n) is 10.7. The van der Waals surface area contributed by atoms with Gasteiger partial charge in [0.25, 0.3) is 0 Å². The number of aliphatic hydroxyl groups is 1. The minimum absolute atomic E-state index is 0.0803. The first-order valence-corrected chi connectivity index (χ1v) is 6.55. The molecule has 1 atom stereocenters. The van der Waals surface area contributed by atoms with Gasteiger partial charge in [-0.05, 0) is 17.7 Å². The molecule has 0 saturated carbocycles. The van der Waals surface area contributed by atoms with Gasteiger partial charge in [0.2, 0.25) is 0 Å². The Morgan fingerprint density at radius 2 is 2.15 bits per heavy atom. The van der Waals surface area contributed by atoms with Gasteiger partial charge in [-0.15, -0.1) is 0 Å². The van der Waals surface area contributed by atoms with Gasteiger partial charge in [-0.25, -0.2) is 4.79 Å². The molecular weight excluding hydrogens is 288 g/mol. The van der Waals surface area contributed by atoms with Crippen molar-refractivity contribution in [3.63, 3.8) is 0 Å². The molecule has 0 spiro atoms. The van der Waals surface area contributed by atoms with Crippen LogP contribution in [0.1, 0.15) is 18.1 Å². The van der Waals surface area contributed by atoms with Crippen molar-refractivity contribution in [2.45, 2.75) is 12.5 Å². The van der Waals surface area contributed by atoms with Crippen molar-refractivity contribution in [3.8, 4) is 11.5 Å². The zero-order valence-corrected chi connectivity index (χ0v) is 11.4. The van der Waals surface area contributed by atoms with Crippen molar-refractivity contribution >= 4 is 17.6 Å². The number of ether oxygens (including phenoxy) is 3. The fourth-order valence-electron chi connectivity index (χ4n) is 1.88. The molecule has 0 saturated heterocycles. The summed E-state index contributed by atoms with van der Waals surface area (Å²) in [6.45, 7) is 0.628. The number of carboxylic acids is 1. The Labute approximate surface area is 120 Å². The van der Waals surface area contributed by atoms with E-state index in [4.69, 9.17) is 30.9 Å². The molecule has 20 heavy (non-hydrogen) atoms. The third kappa shape index (κ3) is 3.33. The van der Waals surface area contributed by atoms with Crippen LogP contribution in [0.5, 0.6) is 11.5 Å². The summed E-state index contributed by atoms with van der Waals surface area (Å²) in [4.78, 5) is 11.2. The van der Waals surface area contributed by atoms with Gasteiger partial charge < -0.3 is 24.4 Å². The largest absolute Gasteiger partial charge is 0.489 e. The molecule has 0 amide bonds. The highest BCUT2D eigenvalue weighted by molar-refractivity contribution is 6.32. The topological polar surface area (TPSA) is 85.2 Å². The van der Waals surface area contributed by atoms with E-state index in [0.29, 0.717) is 30.3 Å². The van der Waals surface area contributed by atoms with E-state index < -0.39 is 12.1 Å². The molecule has 2 rings (SSSR count). The van der Waals surface area contributed by atoms with Crippen LogP contribution >= 0.6 is 11.6 Å². The van der Waals surface area contributed by atoms with Crippen LogP contribution in [0.3, 0.4) is 0 Å². The second kappa shape index (κ2) is 6.78. The minimum atomic E-state index is -1.21. The highest BCUT2D eigenvalue weighted by Gasteiger charge is 2.24. The Morgan fingerprint density at radius 1 is 1.40 bits per heavy atom. The van der Waals surface area contributed by atoms with Gasteiger partial charge in [0.05, 0.1) is 31.5 Å². The smallest absolute Gasteiger partial charge is 0.337 e. The average molecular weight is 303 g/mol. The number of benzene rings is 1.